The summed E-state index contributed by atoms with van der Waals surface area (Å²) in [7, 11) is 0. The zero-order valence-corrected chi connectivity index (χ0v) is 20.0. The Morgan fingerprint density at radius 2 is 1.86 bits per heavy atom. The third kappa shape index (κ3) is 4.46. The molecule has 0 radical (unpaired) electrons. The van der Waals surface area contributed by atoms with Gasteiger partial charge < -0.3 is 24.7 Å². The molecule has 3 heterocycles. The van der Waals surface area contributed by atoms with Crippen molar-refractivity contribution in [1.29, 1.82) is 0 Å². The summed E-state index contributed by atoms with van der Waals surface area (Å²) in [6.45, 7) is 2.27. The van der Waals surface area contributed by atoms with E-state index in [0.717, 1.165) is 5.56 Å². The fourth-order valence-corrected chi connectivity index (χ4v) is 4.42. The van der Waals surface area contributed by atoms with Crippen molar-refractivity contribution < 1.29 is 23.0 Å². The third-order valence-corrected chi connectivity index (χ3v) is 6.11. The molecule has 0 spiro atoms. The summed E-state index contributed by atoms with van der Waals surface area (Å²) in [6, 6.07) is 14.1. The van der Waals surface area contributed by atoms with Crippen molar-refractivity contribution in [3.63, 3.8) is 0 Å². The van der Waals surface area contributed by atoms with Crippen molar-refractivity contribution in [2.45, 2.75) is 13.0 Å². The van der Waals surface area contributed by atoms with Crippen LogP contribution in [-0.2, 0) is 4.74 Å². The molecule has 0 bridgehead atoms. The first kappa shape index (κ1) is 24.2. The second-order valence-corrected chi connectivity index (χ2v) is 8.36. The molecule has 2 aromatic heterocycles. The van der Waals surface area contributed by atoms with Crippen LogP contribution < -0.4 is 20.8 Å². The summed E-state index contributed by atoms with van der Waals surface area (Å²) in [4.78, 5) is 30.0. The zero-order valence-electron chi connectivity index (χ0n) is 20.0. The van der Waals surface area contributed by atoms with E-state index in [1.165, 1.54) is 6.20 Å². The lowest BCUT2D eigenvalue weighted by atomic mass is 10.0. The van der Waals surface area contributed by atoms with E-state index >= 15 is 8.78 Å². The van der Waals surface area contributed by atoms with E-state index < -0.39 is 34.5 Å². The maximum Gasteiger partial charge on any atom is 0.343 e. The lowest BCUT2D eigenvalue weighted by Gasteiger charge is -2.31. The van der Waals surface area contributed by atoms with Gasteiger partial charge in [0.05, 0.1) is 18.0 Å². The topological polar surface area (TPSA) is 94.5 Å². The number of pyridine rings is 2. The van der Waals surface area contributed by atoms with E-state index in [-0.39, 0.29) is 42.3 Å². The van der Waals surface area contributed by atoms with Crippen molar-refractivity contribution >= 4 is 28.4 Å². The van der Waals surface area contributed by atoms with Gasteiger partial charge in [0.2, 0.25) is 5.43 Å². The van der Waals surface area contributed by atoms with Gasteiger partial charge in [0.1, 0.15) is 29.2 Å². The summed E-state index contributed by atoms with van der Waals surface area (Å²) in [6.07, 6.45) is 2.98. The van der Waals surface area contributed by atoms with Gasteiger partial charge in [-0.15, -0.1) is 0 Å². The number of hydrogen-bond acceptors (Lipinski definition) is 7. The second kappa shape index (κ2) is 10.3. The average molecular weight is 507 g/mol. The average Bonchev–Trinajstić information content (AvgIpc) is 2.92. The minimum atomic E-state index is -1.36. The highest BCUT2D eigenvalue weighted by Gasteiger charge is 2.33. The van der Waals surface area contributed by atoms with Crippen LogP contribution in [0.15, 0.2) is 65.7 Å². The number of ether oxygens (including phenoxy) is 2. The van der Waals surface area contributed by atoms with Gasteiger partial charge in [-0.3, -0.25) is 4.79 Å². The molecular formula is C27H24F2N4O4. The number of benzene rings is 2. The standard InChI is InChI=1S/C27H24F2N4O4/c1-2-36-27(35)17-14-33-18(16-8-4-3-5-9-16)15-37-26-23(22(29)21(28)20(24(26)33)25(17)34)32-13-12-31-19-10-6-7-11-30-19/h3-11,14,18,32H,2,12-13,15H2,1H3,(H,30,31)/t18-/m0/s1. The number of carbonyl (C=O) groups is 1. The highest BCUT2D eigenvalue weighted by atomic mass is 19.2. The Morgan fingerprint density at radius 3 is 2.59 bits per heavy atom. The molecule has 4 aromatic rings. The predicted octanol–water partition coefficient (Wildman–Crippen LogP) is 4.36. The number of nitrogens with zero attached hydrogens (tertiary/aromatic N) is 2. The maximum absolute atomic E-state index is 15.5. The number of esters is 1. The van der Waals surface area contributed by atoms with E-state index in [1.54, 1.807) is 29.8 Å². The van der Waals surface area contributed by atoms with Crippen LogP contribution in [0.25, 0.3) is 10.9 Å². The Hall–Kier alpha value is -4.47. The van der Waals surface area contributed by atoms with Crippen LogP contribution in [0.3, 0.4) is 0 Å². The van der Waals surface area contributed by atoms with Crippen molar-refractivity contribution in [1.82, 2.24) is 9.55 Å². The van der Waals surface area contributed by atoms with Gasteiger partial charge in [0.25, 0.3) is 0 Å². The number of nitrogens with one attached hydrogen (secondary N) is 2. The first-order valence-corrected chi connectivity index (χ1v) is 11.8. The quantitative estimate of drug-likeness (QED) is 0.271. The summed E-state index contributed by atoms with van der Waals surface area (Å²) >= 11 is 0. The van der Waals surface area contributed by atoms with Crippen LogP contribution in [0.5, 0.6) is 5.75 Å². The van der Waals surface area contributed by atoms with Gasteiger partial charge in [0, 0.05) is 25.5 Å². The van der Waals surface area contributed by atoms with Crippen molar-refractivity contribution in [2.75, 3.05) is 36.9 Å². The molecule has 1 atom stereocenters. The molecule has 0 aliphatic carbocycles. The minimum absolute atomic E-state index is 0.00595. The Labute approximate surface area is 210 Å². The van der Waals surface area contributed by atoms with Crippen LogP contribution in [0, 0.1) is 11.6 Å². The van der Waals surface area contributed by atoms with E-state index in [9.17, 15) is 9.59 Å². The summed E-state index contributed by atoms with van der Waals surface area (Å²) in [5, 5.41) is 5.41. The van der Waals surface area contributed by atoms with E-state index in [0.29, 0.717) is 12.4 Å². The molecule has 2 N–H and O–H groups in total. The molecule has 10 heteroatoms. The van der Waals surface area contributed by atoms with Crippen molar-refractivity contribution in [3.8, 4) is 5.75 Å². The fourth-order valence-electron chi connectivity index (χ4n) is 4.42. The smallest absolute Gasteiger partial charge is 0.343 e. The zero-order chi connectivity index (χ0) is 25.9. The van der Waals surface area contributed by atoms with Crippen molar-refractivity contribution in [3.05, 3.63) is 93.9 Å². The van der Waals surface area contributed by atoms with Gasteiger partial charge in [0.15, 0.2) is 17.4 Å². The van der Waals surface area contributed by atoms with Gasteiger partial charge in [-0.2, -0.15) is 0 Å². The molecule has 0 unspecified atom stereocenters. The first-order valence-electron chi connectivity index (χ1n) is 11.8. The number of aromatic nitrogens is 2. The monoisotopic (exact) mass is 506 g/mol. The molecular weight excluding hydrogens is 482 g/mol. The Bertz CT molecular complexity index is 1510. The van der Waals surface area contributed by atoms with Gasteiger partial charge in [-0.05, 0) is 24.6 Å². The molecule has 0 amide bonds. The van der Waals surface area contributed by atoms with Gasteiger partial charge in [-0.1, -0.05) is 36.4 Å². The van der Waals surface area contributed by atoms with Gasteiger partial charge in [-0.25, -0.2) is 18.6 Å². The number of hydrogen-bond donors (Lipinski definition) is 2. The predicted molar refractivity (Wildman–Crippen MR) is 135 cm³/mol. The fraction of sp³-hybridized carbons (Fsp3) is 0.222. The Kier molecular flexibility index (Phi) is 6.72. The normalized spacial score (nSPS) is 14.2. The summed E-state index contributed by atoms with van der Waals surface area (Å²) in [5.41, 5.74) is -0.648. The second-order valence-electron chi connectivity index (χ2n) is 8.36. The lowest BCUT2D eigenvalue weighted by molar-refractivity contribution is 0.0523. The Balaban J connectivity index is 1.62. The third-order valence-electron chi connectivity index (χ3n) is 6.11. The molecule has 1 aliphatic heterocycles. The van der Waals surface area contributed by atoms with Crippen LogP contribution in [0.2, 0.25) is 0 Å². The van der Waals surface area contributed by atoms with Crippen LogP contribution in [-0.4, -0.2) is 41.8 Å². The van der Waals surface area contributed by atoms with Gasteiger partial charge >= 0.3 is 5.97 Å². The number of rotatable bonds is 8. The number of anilines is 2. The van der Waals surface area contributed by atoms with Crippen LogP contribution >= 0.6 is 0 Å². The van der Waals surface area contributed by atoms with E-state index in [4.69, 9.17) is 9.47 Å². The van der Waals surface area contributed by atoms with E-state index in [2.05, 4.69) is 15.6 Å². The maximum atomic E-state index is 15.5. The Morgan fingerprint density at radius 1 is 1.11 bits per heavy atom. The lowest BCUT2D eigenvalue weighted by Crippen LogP contribution is -2.30. The van der Waals surface area contributed by atoms with Crippen LogP contribution in [0.1, 0.15) is 28.9 Å². The summed E-state index contributed by atoms with van der Waals surface area (Å²) < 4.78 is 43.4. The SMILES string of the molecule is CCOC(=O)c1cn2c3c(c(NCCNc4ccccn4)c(F)c(F)c3c1=O)OC[C@H]2c1ccccc1. The summed E-state index contributed by atoms with van der Waals surface area (Å²) in [5.74, 6) is -2.88. The largest absolute Gasteiger partial charge is 0.487 e. The highest BCUT2D eigenvalue weighted by molar-refractivity contribution is 5.98. The molecule has 2 aromatic carbocycles. The van der Waals surface area contributed by atoms with E-state index in [1.807, 2.05) is 36.4 Å². The molecule has 5 rings (SSSR count). The molecule has 8 nitrogen and oxygen atoms in total. The minimum Gasteiger partial charge on any atom is -0.487 e. The first-order chi connectivity index (χ1) is 18.0. The molecule has 37 heavy (non-hydrogen) atoms. The number of halogens is 2. The number of carbonyl (C=O) groups excluding carboxylic acids is 1. The molecule has 0 fully saturated rings. The highest BCUT2D eigenvalue weighted by Crippen LogP contribution is 2.42. The van der Waals surface area contributed by atoms with Crippen molar-refractivity contribution in [2.24, 2.45) is 0 Å². The molecule has 0 saturated carbocycles. The molecule has 190 valence electrons. The van der Waals surface area contributed by atoms with Crippen LogP contribution in [0.4, 0.5) is 20.3 Å². The molecule has 0 saturated heterocycles. The molecule has 1 aliphatic rings.